The third kappa shape index (κ3) is 11.1. The maximum absolute atomic E-state index is 14.0. The number of unbranched alkanes of at least 4 members (excludes halogenated alkanes) is 1. The molecule has 0 aromatic heterocycles. The lowest BCUT2D eigenvalue weighted by atomic mass is 9.88. The number of Topliss-reactive ketones (excluding diaryl/α,β-unsaturated/α-hetero) is 1. The molecule has 0 spiro atoms. The van der Waals surface area contributed by atoms with Crippen LogP contribution >= 0.6 is 0 Å². The van der Waals surface area contributed by atoms with Crippen LogP contribution in [0.5, 0.6) is 0 Å². The summed E-state index contributed by atoms with van der Waals surface area (Å²) >= 11 is 0. The van der Waals surface area contributed by atoms with Gasteiger partial charge in [-0.15, -0.1) is 0 Å². The fraction of sp³-hybridized carbons (Fsp3) is 0.543. The number of hydrogen-bond donors (Lipinski definition) is 3. The molecule has 0 saturated carbocycles. The molecule has 0 radical (unpaired) electrons. The van der Waals surface area contributed by atoms with Gasteiger partial charge in [0.2, 0.25) is 11.8 Å². The van der Waals surface area contributed by atoms with Gasteiger partial charge < -0.3 is 25.4 Å². The average molecular weight is 608 g/mol. The Kier molecular flexibility index (Phi) is 14.4. The van der Waals surface area contributed by atoms with E-state index in [0.717, 1.165) is 24.0 Å². The van der Waals surface area contributed by atoms with Gasteiger partial charge in [-0.2, -0.15) is 0 Å². The minimum Gasteiger partial charge on any atom is -0.450 e. The van der Waals surface area contributed by atoms with Crippen molar-refractivity contribution in [2.24, 2.45) is 11.8 Å². The molecular formula is C35H49N3O6. The number of amides is 3. The number of nitrogens with one attached hydrogen (secondary N) is 2. The Bertz CT molecular complexity index is 1180. The average Bonchev–Trinajstić information content (AvgIpc) is 3.03. The van der Waals surface area contributed by atoms with E-state index in [4.69, 9.17) is 4.74 Å². The predicted molar refractivity (Wildman–Crippen MR) is 170 cm³/mol. The largest absolute Gasteiger partial charge is 0.450 e. The molecule has 5 atom stereocenters. The molecule has 2 aromatic carbocycles. The molecule has 2 aromatic rings. The van der Waals surface area contributed by atoms with Crippen molar-refractivity contribution in [1.29, 1.82) is 0 Å². The van der Waals surface area contributed by atoms with Crippen molar-refractivity contribution in [1.82, 2.24) is 15.5 Å². The quantitative estimate of drug-likeness (QED) is 0.242. The second kappa shape index (κ2) is 18.2. The molecule has 0 bridgehead atoms. The minimum atomic E-state index is -1.07. The van der Waals surface area contributed by atoms with Crippen LogP contribution in [0.15, 0.2) is 60.7 Å². The van der Waals surface area contributed by atoms with Crippen LogP contribution in [0.2, 0.25) is 0 Å². The van der Waals surface area contributed by atoms with Crippen molar-refractivity contribution in [2.75, 3.05) is 19.7 Å². The van der Waals surface area contributed by atoms with E-state index in [2.05, 4.69) is 10.6 Å². The monoisotopic (exact) mass is 607 g/mol. The summed E-state index contributed by atoms with van der Waals surface area (Å²) in [5, 5.41) is 17.4. The van der Waals surface area contributed by atoms with Crippen LogP contribution in [0.25, 0.3) is 0 Å². The van der Waals surface area contributed by atoms with Gasteiger partial charge in [-0.25, -0.2) is 4.79 Å². The van der Waals surface area contributed by atoms with Gasteiger partial charge in [0.05, 0.1) is 18.8 Å². The normalized spacial score (nSPS) is 16.7. The molecule has 0 unspecified atom stereocenters. The van der Waals surface area contributed by atoms with Gasteiger partial charge in [-0.1, -0.05) is 94.3 Å². The van der Waals surface area contributed by atoms with E-state index in [0.29, 0.717) is 45.2 Å². The zero-order chi connectivity index (χ0) is 31.9. The van der Waals surface area contributed by atoms with E-state index in [9.17, 15) is 24.3 Å². The Morgan fingerprint density at radius 2 is 1.50 bits per heavy atom. The summed E-state index contributed by atoms with van der Waals surface area (Å²) < 4.78 is 5.33. The number of benzene rings is 2. The molecule has 9 heteroatoms. The molecule has 1 heterocycles. The zero-order valence-electron chi connectivity index (χ0n) is 26.4. The number of ether oxygens (including phenoxy) is 1. The van der Waals surface area contributed by atoms with Gasteiger partial charge in [0.15, 0.2) is 0 Å². The topological polar surface area (TPSA) is 125 Å². The number of ketones is 1. The highest BCUT2D eigenvalue weighted by Crippen LogP contribution is 2.21. The number of piperidine rings is 1. The summed E-state index contributed by atoms with van der Waals surface area (Å²) in [5.74, 6) is -1.17. The summed E-state index contributed by atoms with van der Waals surface area (Å²) in [7, 11) is 0. The molecule has 1 saturated heterocycles. The number of alkyl carbamates (subject to hydrolysis) is 1. The first-order chi connectivity index (χ1) is 21.2. The number of likely N-dealkylation sites (tertiary alicyclic amines) is 1. The first-order valence-corrected chi connectivity index (χ1v) is 16.0. The van der Waals surface area contributed by atoms with E-state index >= 15 is 0 Å². The third-order valence-corrected chi connectivity index (χ3v) is 8.43. The molecule has 1 aliphatic heterocycles. The van der Waals surface area contributed by atoms with E-state index in [1.54, 1.807) is 4.90 Å². The van der Waals surface area contributed by atoms with Crippen LogP contribution < -0.4 is 10.6 Å². The van der Waals surface area contributed by atoms with Crippen molar-refractivity contribution >= 4 is 23.7 Å². The van der Waals surface area contributed by atoms with E-state index < -0.39 is 30.2 Å². The molecule has 0 aliphatic carbocycles. The Labute approximate surface area is 261 Å². The maximum Gasteiger partial charge on any atom is 0.407 e. The van der Waals surface area contributed by atoms with Crippen LogP contribution in [0.1, 0.15) is 70.4 Å². The fourth-order valence-corrected chi connectivity index (χ4v) is 5.42. The second-order valence-corrected chi connectivity index (χ2v) is 11.9. The van der Waals surface area contributed by atoms with Crippen molar-refractivity contribution in [3.63, 3.8) is 0 Å². The number of rotatable bonds is 16. The molecule has 1 aliphatic rings. The van der Waals surface area contributed by atoms with E-state index in [1.165, 1.54) is 0 Å². The summed E-state index contributed by atoms with van der Waals surface area (Å²) in [6.45, 7) is 6.91. The summed E-state index contributed by atoms with van der Waals surface area (Å²) in [5.41, 5.74) is 1.85. The van der Waals surface area contributed by atoms with Crippen molar-refractivity contribution in [2.45, 2.75) is 90.3 Å². The summed E-state index contributed by atoms with van der Waals surface area (Å²) in [6.07, 6.45) is 2.04. The van der Waals surface area contributed by atoms with Crippen molar-refractivity contribution in [3.05, 3.63) is 71.8 Å². The summed E-state index contributed by atoms with van der Waals surface area (Å²) in [4.78, 5) is 53.6. The van der Waals surface area contributed by atoms with Crippen LogP contribution in [0.3, 0.4) is 0 Å². The van der Waals surface area contributed by atoms with Crippen molar-refractivity contribution < 1.29 is 29.0 Å². The lowest BCUT2D eigenvalue weighted by molar-refractivity contribution is -0.141. The smallest absolute Gasteiger partial charge is 0.407 e. The SMILES string of the molecule is CCCCOC(=O)N[C@@H](Cc1ccccc1)[C@H](O)C[C@H](Cc1ccccc1)C(=O)N[C@H](C(=O)N1CCC(=O)CC1)[C@@H](C)CC. The molecule has 3 rings (SSSR count). The Balaban J connectivity index is 1.82. The van der Waals surface area contributed by atoms with Gasteiger partial charge >= 0.3 is 6.09 Å². The number of aliphatic hydroxyl groups excluding tert-OH is 1. The Hall–Kier alpha value is -3.72. The Morgan fingerprint density at radius 3 is 2.07 bits per heavy atom. The van der Waals surface area contributed by atoms with Gasteiger partial charge in [-0.05, 0) is 42.7 Å². The highest BCUT2D eigenvalue weighted by Gasteiger charge is 2.35. The molecule has 1 fully saturated rings. The molecule has 3 amide bonds. The second-order valence-electron chi connectivity index (χ2n) is 11.9. The standard InChI is InChI=1S/C35H49N3O6/c1-4-6-21-44-35(43)36-30(23-27-15-11-8-12-16-27)31(40)24-28(22-26-13-9-7-10-14-26)33(41)37-32(25(3)5-2)34(42)38-19-17-29(39)18-20-38/h7-16,25,28,30-32,40H,4-6,17-24H2,1-3H3,(H,36,43)(H,37,41)/t25-,28-,30-,31+,32-/m0/s1. The van der Waals surface area contributed by atoms with E-state index in [-0.39, 0.29) is 36.5 Å². The number of hydrogen-bond acceptors (Lipinski definition) is 6. The van der Waals surface area contributed by atoms with Gasteiger partial charge in [0.1, 0.15) is 11.8 Å². The predicted octanol–water partition coefficient (Wildman–Crippen LogP) is 4.46. The van der Waals surface area contributed by atoms with Crippen LogP contribution in [0, 0.1) is 11.8 Å². The molecular weight excluding hydrogens is 558 g/mol. The summed E-state index contributed by atoms with van der Waals surface area (Å²) in [6, 6.07) is 17.7. The highest BCUT2D eigenvalue weighted by atomic mass is 16.5. The first kappa shape index (κ1) is 34.8. The van der Waals surface area contributed by atoms with Gasteiger partial charge in [0, 0.05) is 31.8 Å². The Morgan fingerprint density at radius 1 is 0.909 bits per heavy atom. The first-order valence-electron chi connectivity index (χ1n) is 16.0. The van der Waals surface area contributed by atoms with Crippen LogP contribution in [0.4, 0.5) is 4.79 Å². The number of nitrogens with zero attached hydrogens (tertiary/aromatic N) is 1. The van der Waals surface area contributed by atoms with E-state index in [1.807, 2.05) is 81.4 Å². The molecule has 44 heavy (non-hydrogen) atoms. The fourth-order valence-electron chi connectivity index (χ4n) is 5.42. The van der Waals surface area contributed by atoms with Crippen LogP contribution in [-0.2, 0) is 32.0 Å². The number of carbonyl (C=O) groups is 4. The van der Waals surface area contributed by atoms with Crippen LogP contribution in [-0.4, -0.2) is 71.6 Å². The highest BCUT2D eigenvalue weighted by molar-refractivity contribution is 5.90. The number of carbonyl (C=O) groups excluding carboxylic acids is 4. The van der Waals surface area contributed by atoms with Gasteiger partial charge in [0.25, 0.3) is 0 Å². The lowest BCUT2D eigenvalue weighted by Gasteiger charge is -2.34. The van der Waals surface area contributed by atoms with Gasteiger partial charge in [-0.3, -0.25) is 14.4 Å². The molecule has 240 valence electrons. The molecule has 3 N–H and O–H groups in total. The van der Waals surface area contributed by atoms with Crippen molar-refractivity contribution in [3.8, 4) is 0 Å². The lowest BCUT2D eigenvalue weighted by Crippen LogP contribution is -2.55. The zero-order valence-corrected chi connectivity index (χ0v) is 26.4. The third-order valence-electron chi connectivity index (χ3n) is 8.43. The minimum absolute atomic E-state index is 0.0626. The number of aliphatic hydroxyl groups is 1. The molecule has 9 nitrogen and oxygen atoms in total. The maximum atomic E-state index is 14.0.